The summed E-state index contributed by atoms with van der Waals surface area (Å²) >= 11 is 0. The molecule has 1 heterocycles. The molecule has 1 amide bonds. The average molecular weight is 322 g/mol. The summed E-state index contributed by atoms with van der Waals surface area (Å²) < 4.78 is 25.8. The maximum atomic E-state index is 11.7. The molecule has 0 unspecified atom stereocenters. The Bertz CT molecular complexity index is 726. The van der Waals surface area contributed by atoms with Gasteiger partial charge in [-0.25, -0.2) is 13.1 Å². The van der Waals surface area contributed by atoms with E-state index in [2.05, 4.69) is 15.1 Å². The number of benzene rings is 1. The molecule has 0 aliphatic heterocycles. The molecule has 0 saturated carbocycles. The van der Waals surface area contributed by atoms with Crippen LogP contribution in [0.3, 0.4) is 0 Å². The lowest BCUT2D eigenvalue weighted by Gasteiger charge is -2.03. The summed E-state index contributed by atoms with van der Waals surface area (Å²) in [6, 6.07) is 11.5. The largest absolute Gasteiger partial charge is 0.309 e. The lowest BCUT2D eigenvalue weighted by molar-refractivity contribution is -0.116. The van der Waals surface area contributed by atoms with Crippen molar-refractivity contribution in [2.75, 3.05) is 18.1 Å². The van der Waals surface area contributed by atoms with E-state index < -0.39 is 10.0 Å². The predicted octanol–water partition coefficient (Wildman–Crippen LogP) is 0.809. The van der Waals surface area contributed by atoms with Gasteiger partial charge in [-0.3, -0.25) is 9.48 Å². The molecule has 0 bridgehead atoms. The van der Waals surface area contributed by atoms with Crippen LogP contribution in [0, 0.1) is 0 Å². The number of amides is 1. The van der Waals surface area contributed by atoms with Gasteiger partial charge in [0.1, 0.15) is 0 Å². The number of rotatable bonds is 7. The number of sulfonamides is 1. The van der Waals surface area contributed by atoms with Crippen molar-refractivity contribution in [3.05, 3.63) is 48.2 Å². The number of carbonyl (C=O) groups excluding carboxylic acids is 1. The van der Waals surface area contributed by atoms with Gasteiger partial charge < -0.3 is 5.32 Å². The van der Waals surface area contributed by atoms with Crippen molar-refractivity contribution >= 4 is 21.7 Å². The summed E-state index contributed by atoms with van der Waals surface area (Å²) in [5.74, 6) is 0.154. The highest BCUT2D eigenvalue weighted by molar-refractivity contribution is 7.88. The molecule has 1 aromatic heterocycles. The van der Waals surface area contributed by atoms with E-state index in [1.165, 1.54) is 0 Å². The molecular weight excluding hydrogens is 304 g/mol. The van der Waals surface area contributed by atoms with E-state index in [0.29, 0.717) is 12.4 Å². The summed E-state index contributed by atoms with van der Waals surface area (Å²) in [5.41, 5.74) is 1.11. The Morgan fingerprint density at radius 3 is 2.64 bits per heavy atom. The van der Waals surface area contributed by atoms with E-state index >= 15 is 0 Å². The Morgan fingerprint density at radius 1 is 1.23 bits per heavy atom. The summed E-state index contributed by atoms with van der Waals surface area (Å²) in [7, 11) is -3.27. The summed E-state index contributed by atoms with van der Waals surface area (Å²) in [6.45, 7) is 0.682. The van der Waals surface area contributed by atoms with Crippen LogP contribution in [0.1, 0.15) is 12.0 Å². The van der Waals surface area contributed by atoms with E-state index in [-0.39, 0.29) is 18.9 Å². The second-order valence-corrected chi connectivity index (χ2v) is 6.68. The summed E-state index contributed by atoms with van der Waals surface area (Å²) in [4.78, 5) is 11.7. The number of carbonyl (C=O) groups is 1. The molecule has 2 aromatic rings. The molecule has 0 radical (unpaired) electrons. The van der Waals surface area contributed by atoms with Crippen molar-refractivity contribution in [2.45, 2.75) is 13.0 Å². The molecule has 8 heteroatoms. The zero-order valence-corrected chi connectivity index (χ0v) is 13.0. The number of aromatic nitrogens is 2. The quantitative estimate of drug-likeness (QED) is 0.789. The molecule has 0 spiro atoms. The smallest absolute Gasteiger partial charge is 0.226 e. The number of anilines is 1. The first-order chi connectivity index (χ1) is 10.4. The molecule has 0 aliphatic carbocycles. The monoisotopic (exact) mass is 322 g/mol. The van der Waals surface area contributed by atoms with Crippen LogP contribution in [0.5, 0.6) is 0 Å². The topological polar surface area (TPSA) is 93.1 Å². The van der Waals surface area contributed by atoms with Crippen molar-refractivity contribution in [3.63, 3.8) is 0 Å². The van der Waals surface area contributed by atoms with Crippen LogP contribution in [-0.4, -0.2) is 36.9 Å². The Hall–Kier alpha value is -2.19. The Kier molecular flexibility index (Phi) is 5.29. The minimum absolute atomic E-state index is 0.0542. The van der Waals surface area contributed by atoms with Gasteiger partial charge in [0.15, 0.2) is 5.82 Å². The third kappa shape index (κ3) is 5.66. The maximum Gasteiger partial charge on any atom is 0.226 e. The van der Waals surface area contributed by atoms with Gasteiger partial charge in [-0.15, -0.1) is 0 Å². The van der Waals surface area contributed by atoms with Crippen LogP contribution >= 0.6 is 0 Å². The van der Waals surface area contributed by atoms with E-state index in [9.17, 15) is 13.2 Å². The lowest BCUT2D eigenvalue weighted by atomic mass is 10.2. The van der Waals surface area contributed by atoms with Crippen LogP contribution in [0.4, 0.5) is 5.82 Å². The van der Waals surface area contributed by atoms with E-state index in [1.54, 1.807) is 16.9 Å². The van der Waals surface area contributed by atoms with Crippen LogP contribution in [-0.2, 0) is 21.4 Å². The van der Waals surface area contributed by atoms with Gasteiger partial charge in [0, 0.05) is 25.2 Å². The highest BCUT2D eigenvalue weighted by Crippen LogP contribution is 2.06. The van der Waals surface area contributed by atoms with Gasteiger partial charge in [-0.2, -0.15) is 5.10 Å². The van der Waals surface area contributed by atoms with Gasteiger partial charge in [0.25, 0.3) is 0 Å². The molecular formula is C14H18N4O3S. The van der Waals surface area contributed by atoms with Crippen LogP contribution in [0.2, 0.25) is 0 Å². The third-order valence-electron chi connectivity index (χ3n) is 2.81. The first kappa shape index (κ1) is 16.2. The van der Waals surface area contributed by atoms with Gasteiger partial charge in [-0.1, -0.05) is 30.3 Å². The standard InChI is InChI=1S/C14H18N4O3S/c1-22(20,21)15-9-7-14(19)16-13-8-10-18(17-13)11-12-5-3-2-4-6-12/h2-6,8,10,15H,7,9,11H2,1H3,(H,16,17,19). The van der Waals surface area contributed by atoms with Gasteiger partial charge >= 0.3 is 0 Å². The Morgan fingerprint density at radius 2 is 1.95 bits per heavy atom. The van der Waals surface area contributed by atoms with Crippen molar-refractivity contribution in [3.8, 4) is 0 Å². The second-order valence-electron chi connectivity index (χ2n) is 4.85. The SMILES string of the molecule is CS(=O)(=O)NCCC(=O)Nc1ccn(Cc2ccccc2)n1. The van der Waals surface area contributed by atoms with E-state index in [0.717, 1.165) is 11.8 Å². The fraction of sp³-hybridized carbons (Fsp3) is 0.286. The molecule has 0 saturated heterocycles. The van der Waals surface area contributed by atoms with Gasteiger partial charge in [0.2, 0.25) is 15.9 Å². The normalized spacial score (nSPS) is 11.3. The molecule has 0 fully saturated rings. The predicted molar refractivity (Wildman–Crippen MR) is 83.9 cm³/mol. The number of nitrogens with zero attached hydrogens (tertiary/aromatic N) is 2. The Labute approximate surface area is 129 Å². The highest BCUT2D eigenvalue weighted by atomic mass is 32.2. The van der Waals surface area contributed by atoms with E-state index in [1.807, 2.05) is 30.3 Å². The number of hydrogen-bond donors (Lipinski definition) is 2. The molecule has 2 N–H and O–H groups in total. The molecule has 0 aliphatic rings. The van der Waals surface area contributed by atoms with Crippen molar-refractivity contribution in [2.24, 2.45) is 0 Å². The summed E-state index contributed by atoms with van der Waals surface area (Å²) in [5, 5.41) is 6.88. The third-order valence-corrected chi connectivity index (χ3v) is 3.54. The van der Waals surface area contributed by atoms with Crippen molar-refractivity contribution in [1.82, 2.24) is 14.5 Å². The molecule has 2 rings (SSSR count). The van der Waals surface area contributed by atoms with Crippen molar-refractivity contribution in [1.29, 1.82) is 0 Å². The molecule has 118 valence electrons. The highest BCUT2D eigenvalue weighted by Gasteiger charge is 2.07. The minimum atomic E-state index is -3.27. The zero-order valence-electron chi connectivity index (χ0n) is 12.2. The number of nitrogens with one attached hydrogen (secondary N) is 2. The minimum Gasteiger partial charge on any atom is -0.309 e. The maximum absolute atomic E-state index is 11.7. The Balaban J connectivity index is 1.83. The second kappa shape index (κ2) is 7.19. The molecule has 7 nitrogen and oxygen atoms in total. The first-order valence-corrected chi connectivity index (χ1v) is 8.63. The molecule has 0 atom stereocenters. The lowest BCUT2D eigenvalue weighted by Crippen LogP contribution is -2.26. The fourth-order valence-corrected chi connectivity index (χ4v) is 2.32. The first-order valence-electron chi connectivity index (χ1n) is 6.74. The van der Waals surface area contributed by atoms with E-state index in [4.69, 9.17) is 0 Å². The van der Waals surface area contributed by atoms with Crippen LogP contribution in [0.25, 0.3) is 0 Å². The molecule has 1 aromatic carbocycles. The zero-order chi connectivity index (χ0) is 16.0. The van der Waals surface area contributed by atoms with Crippen molar-refractivity contribution < 1.29 is 13.2 Å². The van der Waals surface area contributed by atoms with Crippen LogP contribution in [0.15, 0.2) is 42.6 Å². The molecule has 22 heavy (non-hydrogen) atoms. The summed E-state index contributed by atoms with van der Waals surface area (Å²) in [6.07, 6.45) is 2.88. The average Bonchev–Trinajstić information content (AvgIpc) is 2.85. The van der Waals surface area contributed by atoms with Gasteiger partial charge in [-0.05, 0) is 5.56 Å². The van der Waals surface area contributed by atoms with Gasteiger partial charge in [0.05, 0.1) is 12.8 Å². The fourth-order valence-electron chi connectivity index (χ4n) is 1.84. The number of hydrogen-bond acceptors (Lipinski definition) is 4. The van der Waals surface area contributed by atoms with Crippen LogP contribution < -0.4 is 10.0 Å².